The van der Waals surface area contributed by atoms with Crippen molar-refractivity contribution in [2.75, 3.05) is 5.75 Å². The second-order valence-corrected chi connectivity index (χ2v) is 16.1. The molecule has 0 saturated heterocycles. The van der Waals surface area contributed by atoms with Gasteiger partial charge in [0.2, 0.25) is 0 Å². The molecule has 0 aromatic heterocycles. The summed E-state index contributed by atoms with van der Waals surface area (Å²) in [5.74, 6) is -6.23. The van der Waals surface area contributed by atoms with Gasteiger partial charge in [0.1, 0.15) is 11.4 Å². The Kier molecular flexibility index (Phi) is 10.4. The number of rotatable bonds is 12. The molecule has 4 aliphatic carbocycles. The van der Waals surface area contributed by atoms with Crippen LogP contribution >= 0.6 is 11.8 Å². The molecule has 0 heterocycles. The first-order valence-electron chi connectivity index (χ1n) is 13.0. The molecule has 0 amide bonds. The van der Waals surface area contributed by atoms with E-state index in [1.165, 1.54) is 19.3 Å². The maximum absolute atomic E-state index is 14.0. The van der Waals surface area contributed by atoms with Crippen LogP contribution in [0.1, 0.15) is 60.2 Å². The van der Waals surface area contributed by atoms with E-state index in [1.807, 2.05) is 13.8 Å². The van der Waals surface area contributed by atoms with Crippen LogP contribution in [0.5, 0.6) is 5.75 Å². The van der Waals surface area contributed by atoms with Crippen molar-refractivity contribution in [2.24, 2.45) is 23.2 Å². The van der Waals surface area contributed by atoms with Gasteiger partial charge in [0.05, 0.1) is 6.42 Å². The van der Waals surface area contributed by atoms with Gasteiger partial charge in [-0.1, -0.05) is 0 Å². The predicted molar refractivity (Wildman–Crippen MR) is 140 cm³/mol. The summed E-state index contributed by atoms with van der Waals surface area (Å²) in [5.41, 5.74) is -0.677. The van der Waals surface area contributed by atoms with Gasteiger partial charge in [0, 0.05) is 16.1 Å². The van der Waals surface area contributed by atoms with E-state index in [9.17, 15) is 48.0 Å². The summed E-state index contributed by atoms with van der Waals surface area (Å²) in [6.45, 7) is 3.92. The molecule has 43 heavy (non-hydrogen) atoms. The minimum Gasteiger partial charge on any atom is -1.00 e. The van der Waals surface area contributed by atoms with Crippen molar-refractivity contribution in [3.05, 3.63) is 24.3 Å². The Bertz CT molecular complexity index is 1390. The third-order valence-corrected chi connectivity index (χ3v) is 11.9. The standard InChI is InChI=1S/C25H30F6O8S3.Na.H/c1-21(2,22-12-15-9-16(13-22)11-17(10-15)14-22)38-20(32)7-8-40-19-5-3-18(4-6-19)39-42(36,37)25(30,31)23(26,27)24(28,29)41(33,34)35;;/h3-6,15-17H,7-14H2,1-2H3,(H,33,34,35);;/q;+1;-1. The minimum atomic E-state index is -7.14. The number of ether oxygens (including phenoxy) is 1. The molecule has 4 saturated carbocycles. The number of hydrogen-bond acceptors (Lipinski definition) is 8. The van der Waals surface area contributed by atoms with Crippen LogP contribution in [0.15, 0.2) is 29.2 Å². The van der Waals surface area contributed by atoms with Crippen molar-refractivity contribution in [1.82, 2.24) is 0 Å². The Morgan fingerprint density at radius 3 is 1.84 bits per heavy atom. The summed E-state index contributed by atoms with van der Waals surface area (Å²) < 4.78 is 145. The van der Waals surface area contributed by atoms with E-state index in [0.29, 0.717) is 22.6 Å². The molecule has 4 bridgehead atoms. The van der Waals surface area contributed by atoms with Gasteiger partial charge in [-0.2, -0.15) is 43.2 Å². The molecule has 1 aromatic rings. The average Bonchev–Trinajstić information content (AvgIpc) is 2.82. The van der Waals surface area contributed by atoms with Gasteiger partial charge in [0.15, 0.2) is 0 Å². The third-order valence-electron chi connectivity index (χ3n) is 8.66. The number of carbonyl (C=O) groups excluding carboxylic acids is 1. The summed E-state index contributed by atoms with van der Waals surface area (Å²) in [6.07, 6.45) is 6.90. The Morgan fingerprint density at radius 2 is 1.40 bits per heavy atom. The normalized spacial score (nSPS) is 26.1. The van der Waals surface area contributed by atoms with Crippen molar-refractivity contribution in [3.8, 4) is 5.75 Å². The molecule has 5 rings (SSSR count). The van der Waals surface area contributed by atoms with Crippen LogP contribution in [0.2, 0.25) is 0 Å². The molecular formula is C25H31F6NaO8S3. The molecule has 240 valence electrons. The van der Waals surface area contributed by atoms with Crippen LogP contribution in [0.25, 0.3) is 0 Å². The molecule has 18 heteroatoms. The first-order chi connectivity index (χ1) is 19.0. The Balaban J connectivity index is 0.00000337. The van der Waals surface area contributed by atoms with E-state index in [-0.39, 0.29) is 48.6 Å². The summed E-state index contributed by atoms with van der Waals surface area (Å²) in [5, 5.41) is -13.6. The molecule has 0 unspecified atom stereocenters. The molecule has 0 radical (unpaired) electrons. The minimum absolute atomic E-state index is 0. The van der Waals surface area contributed by atoms with E-state index < -0.39 is 54.0 Å². The fraction of sp³-hybridized carbons (Fsp3) is 0.720. The zero-order valence-electron chi connectivity index (χ0n) is 24.5. The smallest absolute Gasteiger partial charge is 1.00 e. The van der Waals surface area contributed by atoms with Crippen LogP contribution in [0.4, 0.5) is 26.3 Å². The molecule has 8 nitrogen and oxygen atoms in total. The van der Waals surface area contributed by atoms with Crippen molar-refractivity contribution in [3.63, 3.8) is 0 Å². The number of esters is 1. The van der Waals surface area contributed by atoms with Gasteiger partial charge in [-0.3, -0.25) is 9.35 Å². The molecule has 4 fully saturated rings. The van der Waals surface area contributed by atoms with Gasteiger partial charge in [-0.15, -0.1) is 11.8 Å². The first-order valence-corrected chi connectivity index (χ1v) is 16.9. The zero-order chi connectivity index (χ0) is 31.6. The zero-order valence-corrected chi connectivity index (χ0v) is 27.9. The van der Waals surface area contributed by atoms with Crippen LogP contribution in [-0.4, -0.2) is 55.1 Å². The molecule has 4 aliphatic rings. The van der Waals surface area contributed by atoms with Gasteiger partial charge in [-0.25, -0.2) is 0 Å². The number of hydrogen-bond donors (Lipinski definition) is 1. The number of benzene rings is 1. The molecule has 1 aromatic carbocycles. The molecular weight excluding hydrogens is 661 g/mol. The maximum atomic E-state index is 14.0. The summed E-state index contributed by atoms with van der Waals surface area (Å²) in [4.78, 5) is 13.1. The second kappa shape index (κ2) is 12.1. The van der Waals surface area contributed by atoms with Crippen molar-refractivity contribution >= 4 is 38.0 Å². The summed E-state index contributed by atoms with van der Waals surface area (Å²) >= 11 is 1.11. The molecule has 0 aliphatic heterocycles. The van der Waals surface area contributed by atoms with Gasteiger partial charge < -0.3 is 10.3 Å². The largest absolute Gasteiger partial charge is 1.00 e. The van der Waals surface area contributed by atoms with Crippen LogP contribution in [0.3, 0.4) is 0 Å². The summed E-state index contributed by atoms with van der Waals surface area (Å²) in [7, 11) is -14.0. The van der Waals surface area contributed by atoms with Crippen molar-refractivity contribution in [1.29, 1.82) is 0 Å². The number of carbonyl (C=O) groups is 1. The quantitative estimate of drug-likeness (QED) is 0.0879. The van der Waals surface area contributed by atoms with Gasteiger partial charge >= 0.3 is 72.2 Å². The van der Waals surface area contributed by atoms with Crippen molar-refractivity contribution < 1.29 is 92.4 Å². The van der Waals surface area contributed by atoms with Crippen LogP contribution < -0.4 is 33.7 Å². The monoisotopic (exact) mass is 692 g/mol. The average molecular weight is 693 g/mol. The van der Waals surface area contributed by atoms with E-state index in [2.05, 4.69) is 4.18 Å². The van der Waals surface area contributed by atoms with Crippen molar-refractivity contribution in [2.45, 2.75) is 85.7 Å². The van der Waals surface area contributed by atoms with Gasteiger partial charge in [0.25, 0.3) is 0 Å². The Labute approximate surface area is 273 Å². The Hall–Kier alpha value is -0.720. The Morgan fingerprint density at radius 1 is 0.930 bits per heavy atom. The van der Waals surface area contributed by atoms with Crippen LogP contribution in [0, 0.1) is 23.2 Å². The summed E-state index contributed by atoms with van der Waals surface area (Å²) in [6, 6.07) is 3.82. The second-order valence-electron chi connectivity index (χ2n) is 11.9. The van der Waals surface area contributed by atoms with E-state index in [1.54, 1.807) is 0 Å². The number of halogens is 6. The van der Waals surface area contributed by atoms with E-state index in [4.69, 9.17) is 9.29 Å². The molecule has 0 spiro atoms. The first kappa shape index (κ1) is 36.7. The predicted octanol–water partition coefficient (Wildman–Crippen LogP) is 3.24. The third kappa shape index (κ3) is 6.73. The SMILES string of the molecule is CC(C)(OC(=O)CCSc1ccc(OS(=O)(=O)C(F)(F)C(F)(F)C(F)(F)S(=O)(=O)O)cc1)C12CC3CC(CC(C3)C1)C2.[H-].[Na+]. The topological polar surface area (TPSA) is 124 Å². The van der Waals surface area contributed by atoms with E-state index >= 15 is 0 Å². The fourth-order valence-corrected chi connectivity index (χ4v) is 9.06. The van der Waals surface area contributed by atoms with E-state index in [0.717, 1.165) is 55.3 Å². The number of thioether (sulfide) groups is 1. The number of alkyl halides is 6. The maximum Gasteiger partial charge on any atom is 1.00 e. The van der Waals surface area contributed by atoms with Gasteiger partial charge in [-0.05, 0) is 94.4 Å². The fourth-order valence-electron chi connectivity index (χ4n) is 6.80. The van der Waals surface area contributed by atoms with Crippen LogP contribution in [-0.2, 0) is 29.8 Å². The molecule has 0 atom stereocenters. The molecule has 1 N–H and O–H groups in total.